The van der Waals surface area contributed by atoms with Crippen LogP contribution >= 0.6 is 0 Å². The fraction of sp³-hybridized carbons (Fsp3) is 0.917. The highest BCUT2D eigenvalue weighted by Gasteiger charge is 2.24. The fourth-order valence-corrected chi connectivity index (χ4v) is 1.76. The third kappa shape index (κ3) is 4.65. The highest BCUT2D eigenvalue weighted by molar-refractivity contribution is 5.69. The summed E-state index contributed by atoms with van der Waals surface area (Å²) in [5.74, 6) is -0.191. The molecule has 0 rings (SSSR count). The van der Waals surface area contributed by atoms with Crippen LogP contribution in [-0.4, -0.2) is 34.6 Å². The van der Waals surface area contributed by atoms with E-state index in [9.17, 15) is 4.79 Å². The average Bonchev–Trinajstić information content (AvgIpc) is 2.22. The van der Waals surface area contributed by atoms with Crippen molar-refractivity contribution in [3.8, 4) is 0 Å². The van der Waals surface area contributed by atoms with Crippen molar-refractivity contribution >= 4 is 5.97 Å². The van der Waals surface area contributed by atoms with Gasteiger partial charge < -0.3 is 5.11 Å². The summed E-state index contributed by atoms with van der Waals surface area (Å²) in [6.07, 6.45) is 2.09. The molecule has 0 amide bonds. The first-order chi connectivity index (χ1) is 6.93. The second-order valence-corrected chi connectivity index (χ2v) is 4.45. The van der Waals surface area contributed by atoms with Crippen molar-refractivity contribution in [3.63, 3.8) is 0 Å². The zero-order valence-corrected chi connectivity index (χ0v) is 10.7. The lowest BCUT2D eigenvalue weighted by Crippen LogP contribution is -2.45. The smallest absolute Gasteiger partial charge is 0.317 e. The fourth-order valence-electron chi connectivity index (χ4n) is 1.76. The van der Waals surface area contributed by atoms with E-state index in [-0.39, 0.29) is 6.54 Å². The van der Waals surface area contributed by atoms with Gasteiger partial charge in [-0.15, -0.1) is 0 Å². The van der Waals surface area contributed by atoms with E-state index >= 15 is 0 Å². The minimum atomic E-state index is -0.731. The van der Waals surface area contributed by atoms with Gasteiger partial charge in [-0.3, -0.25) is 9.69 Å². The maximum atomic E-state index is 10.8. The molecule has 0 saturated heterocycles. The van der Waals surface area contributed by atoms with Crippen LogP contribution in [0.2, 0.25) is 0 Å². The first-order valence-electron chi connectivity index (χ1n) is 5.91. The van der Waals surface area contributed by atoms with Crippen LogP contribution in [0.3, 0.4) is 0 Å². The van der Waals surface area contributed by atoms with Gasteiger partial charge in [-0.25, -0.2) is 0 Å². The van der Waals surface area contributed by atoms with Crippen LogP contribution in [0, 0.1) is 5.92 Å². The molecule has 0 bridgehead atoms. The number of nitrogens with zero attached hydrogens (tertiary/aromatic N) is 1. The lowest BCUT2D eigenvalue weighted by molar-refractivity contribution is -0.139. The Balaban J connectivity index is 4.53. The second kappa shape index (κ2) is 6.83. The molecule has 0 saturated carbocycles. The molecule has 0 aromatic carbocycles. The lowest BCUT2D eigenvalue weighted by atomic mass is 9.97. The Kier molecular flexibility index (Phi) is 6.57. The maximum absolute atomic E-state index is 10.8. The van der Waals surface area contributed by atoms with Gasteiger partial charge in [-0.1, -0.05) is 27.2 Å². The number of hydrogen-bond donors (Lipinski definition) is 1. The Morgan fingerprint density at radius 2 is 1.73 bits per heavy atom. The summed E-state index contributed by atoms with van der Waals surface area (Å²) in [7, 11) is 0. The van der Waals surface area contributed by atoms with Crippen molar-refractivity contribution in [2.75, 3.05) is 6.54 Å². The van der Waals surface area contributed by atoms with Crippen LogP contribution in [0.25, 0.3) is 0 Å². The van der Waals surface area contributed by atoms with Crippen LogP contribution in [0.5, 0.6) is 0 Å². The first kappa shape index (κ1) is 14.4. The lowest BCUT2D eigenvalue weighted by Gasteiger charge is -2.36. The van der Waals surface area contributed by atoms with Gasteiger partial charge in [0.15, 0.2) is 0 Å². The maximum Gasteiger partial charge on any atom is 0.317 e. The molecule has 0 aromatic rings. The minimum absolute atomic E-state index is 0.153. The van der Waals surface area contributed by atoms with E-state index in [1.807, 2.05) is 0 Å². The van der Waals surface area contributed by atoms with E-state index in [2.05, 4.69) is 39.5 Å². The summed E-state index contributed by atoms with van der Waals surface area (Å²) in [6, 6.07) is 0.672. The molecular formula is C12H25NO2. The molecule has 3 nitrogen and oxygen atoms in total. The molecule has 0 aromatic heterocycles. The molecule has 0 aliphatic carbocycles. The van der Waals surface area contributed by atoms with Crippen LogP contribution in [0.4, 0.5) is 0 Å². The highest BCUT2D eigenvalue weighted by Crippen LogP contribution is 2.17. The van der Waals surface area contributed by atoms with Gasteiger partial charge in [-0.2, -0.15) is 0 Å². The zero-order chi connectivity index (χ0) is 12.0. The van der Waals surface area contributed by atoms with E-state index < -0.39 is 5.97 Å². The molecule has 1 N–H and O–H groups in total. The normalized spacial score (nSPS) is 17.5. The third-order valence-corrected chi connectivity index (χ3v) is 3.47. The molecular weight excluding hydrogens is 190 g/mol. The van der Waals surface area contributed by atoms with Crippen molar-refractivity contribution in [2.45, 2.75) is 59.5 Å². The number of hydrogen-bond acceptors (Lipinski definition) is 2. The summed E-state index contributed by atoms with van der Waals surface area (Å²) in [5, 5.41) is 8.89. The Labute approximate surface area is 93.5 Å². The van der Waals surface area contributed by atoms with Crippen molar-refractivity contribution in [2.24, 2.45) is 5.92 Å². The van der Waals surface area contributed by atoms with Crippen LogP contribution in [0.1, 0.15) is 47.5 Å². The average molecular weight is 215 g/mol. The molecule has 3 atom stereocenters. The van der Waals surface area contributed by atoms with Crippen molar-refractivity contribution in [1.29, 1.82) is 0 Å². The van der Waals surface area contributed by atoms with E-state index in [0.717, 1.165) is 12.8 Å². The van der Waals surface area contributed by atoms with Gasteiger partial charge in [0, 0.05) is 12.1 Å². The molecule has 0 aliphatic rings. The molecule has 0 aliphatic heterocycles. The standard InChI is InChI=1S/C12H25NO2/c1-6-9(3)11(5)13(8-12(14)15)10(4)7-2/h9-11H,6-8H2,1-5H3,(H,14,15). The van der Waals surface area contributed by atoms with E-state index in [0.29, 0.717) is 18.0 Å². The van der Waals surface area contributed by atoms with Gasteiger partial charge >= 0.3 is 5.97 Å². The summed E-state index contributed by atoms with van der Waals surface area (Å²) in [4.78, 5) is 12.9. The Bertz CT molecular complexity index is 194. The third-order valence-electron chi connectivity index (χ3n) is 3.47. The van der Waals surface area contributed by atoms with Gasteiger partial charge in [-0.05, 0) is 26.2 Å². The van der Waals surface area contributed by atoms with Crippen LogP contribution < -0.4 is 0 Å². The second-order valence-electron chi connectivity index (χ2n) is 4.45. The molecule has 0 heterocycles. The predicted octanol–water partition coefficient (Wildman–Crippen LogP) is 2.61. The van der Waals surface area contributed by atoms with E-state index in [1.165, 1.54) is 0 Å². The summed E-state index contributed by atoms with van der Waals surface area (Å²) in [5.41, 5.74) is 0. The summed E-state index contributed by atoms with van der Waals surface area (Å²) >= 11 is 0. The largest absolute Gasteiger partial charge is 0.480 e. The Morgan fingerprint density at radius 3 is 2.07 bits per heavy atom. The predicted molar refractivity (Wildman–Crippen MR) is 63.0 cm³/mol. The number of carboxylic acid groups (broad SMARTS) is 1. The van der Waals surface area contributed by atoms with Crippen molar-refractivity contribution in [1.82, 2.24) is 4.90 Å². The van der Waals surface area contributed by atoms with Gasteiger partial charge in [0.05, 0.1) is 6.54 Å². The number of rotatable bonds is 7. The van der Waals surface area contributed by atoms with Crippen molar-refractivity contribution in [3.05, 3.63) is 0 Å². The van der Waals surface area contributed by atoms with Gasteiger partial charge in [0.1, 0.15) is 0 Å². The summed E-state index contributed by atoms with van der Waals surface area (Å²) in [6.45, 7) is 10.8. The molecule has 3 unspecified atom stereocenters. The zero-order valence-electron chi connectivity index (χ0n) is 10.7. The van der Waals surface area contributed by atoms with Crippen LogP contribution in [-0.2, 0) is 4.79 Å². The van der Waals surface area contributed by atoms with E-state index in [4.69, 9.17) is 5.11 Å². The molecule has 15 heavy (non-hydrogen) atoms. The minimum Gasteiger partial charge on any atom is -0.480 e. The first-order valence-corrected chi connectivity index (χ1v) is 5.91. The number of aliphatic carboxylic acids is 1. The Hall–Kier alpha value is -0.570. The van der Waals surface area contributed by atoms with E-state index in [1.54, 1.807) is 0 Å². The molecule has 90 valence electrons. The van der Waals surface area contributed by atoms with Gasteiger partial charge in [0.25, 0.3) is 0 Å². The number of carboxylic acids is 1. The van der Waals surface area contributed by atoms with Gasteiger partial charge in [0.2, 0.25) is 0 Å². The number of carbonyl (C=O) groups is 1. The monoisotopic (exact) mass is 215 g/mol. The molecule has 0 fully saturated rings. The molecule has 3 heteroatoms. The molecule has 0 spiro atoms. The highest BCUT2D eigenvalue weighted by atomic mass is 16.4. The Morgan fingerprint density at radius 1 is 1.20 bits per heavy atom. The van der Waals surface area contributed by atoms with Crippen molar-refractivity contribution < 1.29 is 9.90 Å². The summed E-state index contributed by atoms with van der Waals surface area (Å²) < 4.78 is 0. The SMILES string of the molecule is CCC(C)C(C)N(CC(=O)O)C(C)CC. The van der Waals surface area contributed by atoms with Crippen LogP contribution in [0.15, 0.2) is 0 Å². The molecule has 0 radical (unpaired) electrons. The topological polar surface area (TPSA) is 40.5 Å². The quantitative estimate of drug-likeness (QED) is 0.709.